The topological polar surface area (TPSA) is 67.9 Å². The van der Waals surface area contributed by atoms with E-state index in [4.69, 9.17) is 9.47 Å². The summed E-state index contributed by atoms with van der Waals surface area (Å²) in [6, 6.07) is 13.6. The molecule has 0 radical (unpaired) electrons. The Hall–Kier alpha value is -2.67. The third-order valence-corrected chi connectivity index (χ3v) is 6.52. The molecule has 0 unspecified atom stereocenters. The lowest BCUT2D eigenvalue weighted by atomic mass is 10.1. The third kappa shape index (κ3) is 8.00. The van der Waals surface area contributed by atoms with Gasteiger partial charge in [-0.15, -0.1) is 0 Å². The van der Waals surface area contributed by atoms with E-state index in [1.54, 1.807) is 30.0 Å². The van der Waals surface area contributed by atoms with Crippen LogP contribution in [0.2, 0.25) is 0 Å². The fourth-order valence-electron chi connectivity index (χ4n) is 3.62. The molecule has 2 aromatic rings. The van der Waals surface area contributed by atoms with Crippen molar-refractivity contribution in [3.63, 3.8) is 0 Å². The molecule has 1 N–H and O–H groups in total. The van der Waals surface area contributed by atoms with E-state index in [9.17, 15) is 9.59 Å². The number of benzene rings is 2. The van der Waals surface area contributed by atoms with Gasteiger partial charge in [-0.25, -0.2) is 0 Å². The van der Waals surface area contributed by atoms with Gasteiger partial charge in [0.2, 0.25) is 0 Å². The second-order valence-electron chi connectivity index (χ2n) is 8.12. The van der Waals surface area contributed by atoms with E-state index in [1.807, 2.05) is 11.8 Å². The van der Waals surface area contributed by atoms with Crippen molar-refractivity contribution in [2.45, 2.75) is 38.9 Å². The molecule has 178 valence electrons. The standard InChI is InChI=1S/C26H34N2O4S/c1-3-31-24-17-22(11-12-23(24)32-18-25(29)28-14-5-4-6-15-28)26(30)27-13-16-33-19-21-9-7-20(2)8-10-21/h7-12,17H,3-6,13-16,18-19H2,1-2H3,(H,27,30). The van der Waals surface area contributed by atoms with E-state index >= 15 is 0 Å². The number of piperidine rings is 1. The Balaban J connectivity index is 1.46. The number of rotatable bonds is 11. The first-order valence-corrected chi connectivity index (χ1v) is 12.8. The maximum atomic E-state index is 12.6. The maximum absolute atomic E-state index is 12.6. The highest BCUT2D eigenvalue weighted by Gasteiger charge is 2.18. The van der Waals surface area contributed by atoms with Crippen LogP contribution >= 0.6 is 11.8 Å². The van der Waals surface area contributed by atoms with Gasteiger partial charge in [0.25, 0.3) is 11.8 Å². The first-order chi connectivity index (χ1) is 16.1. The molecule has 0 aliphatic carbocycles. The largest absolute Gasteiger partial charge is 0.490 e. The predicted octanol–water partition coefficient (Wildman–Crippen LogP) is 4.45. The van der Waals surface area contributed by atoms with Crippen LogP contribution in [0.25, 0.3) is 0 Å². The van der Waals surface area contributed by atoms with Crippen molar-refractivity contribution in [3.8, 4) is 11.5 Å². The molecule has 1 heterocycles. The number of carbonyl (C=O) groups excluding carboxylic acids is 2. The van der Waals surface area contributed by atoms with Crippen molar-refractivity contribution in [2.75, 3.05) is 38.6 Å². The van der Waals surface area contributed by atoms with Crippen LogP contribution in [0.4, 0.5) is 0 Å². The fraction of sp³-hybridized carbons (Fsp3) is 0.462. The second-order valence-corrected chi connectivity index (χ2v) is 9.22. The zero-order valence-electron chi connectivity index (χ0n) is 19.6. The fourth-order valence-corrected chi connectivity index (χ4v) is 4.44. The van der Waals surface area contributed by atoms with Gasteiger partial charge in [0.1, 0.15) is 0 Å². The van der Waals surface area contributed by atoms with Crippen molar-refractivity contribution in [2.24, 2.45) is 0 Å². The molecule has 2 aromatic carbocycles. The Kier molecular flexibility index (Phi) is 9.94. The van der Waals surface area contributed by atoms with Crippen LogP contribution < -0.4 is 14.8 Å². The molecule has 6 nitrogen and oxygen atoms in total. The van der Waals surface area contributed by atoms with Crippen molar-refractivity contribution in [1.29, 1.82) is 0 Å². The summed E-state index contributed by atoms with van der Waals surface area (Å²) in [6.45, 7) is 6.55. The lowest BCUT2D eigenvalue weighted by molar-refractivity contribution is -0.134. The molecule has 2 amide bonds. The van der Waals surface area contributed by atoms with Crippen LogP contribution in [0.3, 0.4) is 0 Å². The van der Waals surface area contributed by atoms with Crippen LogP contribution in [0, 0.1) is 6.92 Å². The maximum Gasteiger partial charge on any atom is 0.260 e. The van der Waals surface area contributed by atoms with E-state index in [1.165, 1.54) is 17.5 Å². The Morgan fingerprint density at radius 3 is 2.48 bits per heavy atom. The van der Waals surface area contributed by atoms with Crippen LogP contribution in [-0.2, 0) is 10.5 Å². The zero-order chi connectivity index (χ0) is 23.5. The van der Waals surface area contributed by atoms with Gasteiger partial charge >= 0.3 is 0 Å². The predicted molar refractivity (Wildman–Crippen MR) is 133 cm³/mol. The summed E-state index contributed by atoms with van der Waals surface area (Å²) < 4.78 is 11.4. The van der Waals surface area contributed by atoms with E-state index in [2.05, 4.69) is 36.5 Å². The Morgan fingerprint density at radius 1 is 1.00 bits per heavy atom. The minimum Gasteiger partial charge on any atom is -0.490 e. The number of carbonyl (C=O) groups is 2. The van der Waals surface area contributed by atoms with E-state index < -0.39 is 0 Å². The molecule has 7 heteroatoms. The van der Waals surface area contributed by atoms with E-state index in [-0.39, 0.29) is 18.4 Å². The molecule has 0 spiro atoms. The molecule has 33 heavy (non-hydrogen) atoms. The van der Waals surface area contributed by atoms with Crippen molar-refractivity contribution >= 4 is 23.6 Å². The highest BCUT2D eigenvalue weighted by Crippen LogP contribution is 2.29. The summed E-state index contributed by atoms with van der Waals surface area (Å²) in [5, 5.41) is 2.96. The molecular formula is C26H34N2O4S. The molecule has 0 atom stereocenters. The SMILES string of the molecule is CCOc1cc(C(=O)NCCSCc2ccc(C)cc2)ccc1OCC(=O)N1CCCCC1. The first-order valence-electron chi connectivity index (χ1n) is 11.7. The van der Waals surface area contributed by atoms with Crippen molar-refractivity contribution in [3.05, 3.63) is 59.2 Å². The summed E-state index contributed by atoms with van der Waals surface area (Å²) in [5.74, 6) is 2.55. The molecule has 1 fully saturated rings. The number of nitrogens with one attached hydrogen (secondary N) is 1. The summed E-state index contributed by atoms with van der Waals surface area (Å²) in [7, 11) is 0. The monoisotopic (exact) mass is 470 g/mol. The van der Waals surface area contributed by atoms with E-state index in [0.717, 1.165) is 37.4 Å². The summed E-state index contributed by atoms with van der Waals surface area (Å²) >= 11 is 1.79. The Bertz CT molecular complexity index is 911. The lowest BCUT2D eigenvalue weighted by Gasteiger charge is -2.26. The van der Waals surface area contributed by atoms with Gasteiger partial charge in [0.15, 0.2) is 18.1 Å². The number of likely N-dealkylation sites (tertiary alicyclic amines) is 1. The summed E-state index contributed by atoms with van der Waals surface area (Å²) in [5.41, 5.74) is 3.05. The van der Waals surface area contributed by atoms with Crippen LogP contribution in [0.15, 0.2) is 42.5 Å². The quantitative estimate of drug-likeness (QED) is 0.492. The van der Waals surface area contributed by atoms with E-state index in [0.29, 0.717) is 30.2 Å². The molecule has 0 saturated carbocycles. The molecule has 0 aromatic heterocycles. The number of amides is 2. The van der Waals surface area contributed by atoms with Gasteiger partial charge in [-0.3, -0.25) is 9.59 Å². The third-order valence-electron chi connectivity index (χ3n) is 5.49. The van der Waals surface area contributed by atoms with Gasteiger partial charge in [-0.2, -0.15) is 11.8 Å². The van der Waals surface area contributed by atoms with Gasteiger partial charge in [-0.1, -0.05) is 29.8 Å². The molecule has 1 aliphatic rings. The summed E-state index contributed by atoms with van der Waals surface area (Å²) in [4.78, 5) is 26.8. The van der Waals surface area contributed by atoms with Gasteiger partial charge in [0, 0.05) is 36.7 Å². The average Bonchev–Trinajstić information content (AvgIpc) is 2.84. The molecule has 3 rings (SSSR count). The minimum atomic E-state index is -0.150. The number of ether oxygens (including phenoxy) is 2. The highest BCUT2D eigenvalue weighted by atomic mass is 32.2. The minimum absolute atomic E-state index is 0.0119. The molecule has 0 bridgehead atoms. The van der Waals surface area contributed by atoms with Gasteiger partial charge in [-0.05, 0) is 56.9 Å². The molecule has 1 aliphatic heterocycles. The van der Waals surface area contributed by atoms with Crippen LogP contribution in [0.1, 0.15) is 47.7 Å². The lowest BCUT2D eigenvalue weighted by Crippen LogP contribution is -2.38. The Labute approximate surface area is 201 Å². The number of hydrogen-bond donors (Lipinski definition) is 1. The summed E-state index contributed by atoms with van der Waals surface area (Å²) in [6.07, 6.45) is 3.27. The smallest absolute Gasteiger partial charge is 0.260 e. The molecular weight excluding hydrogens is 436 g/mol. The van der Waals surface area contributed by atoms with Crippen LogP contribution in [-0.4, -0.2) is 55.3 Å². The number of nitrogens with zero attached hydrogens (tertiary/aromatic N) is 1. The van der Waals surface area contributed by atoms with Gasteiger partial charge in [0.05, 0.1) is 6.61 Å². The number of aryl methyl sites for hydroxylation is 1. The van der Waals surface area contributed by atoms with Gasteiger partial charge < -0.3 is 19.7 Å². The average molecular weight is 471 g/mol. The second kappa shape index (κ2) is 13.1. The highest BCUT2D eigenvalue weighted by molar-refractivity contribution is 7.98. The zero-order valence-corrected chi connectivity index (χ0v) is 20.4. The number of thioether (sulfide) groups is 1. The number of hydrogen-bond acceptors (Lipinski definition) is 5. The van der Waals surface area contributed by atoms with Crippen molar-refractivity contribution in [1.82, 2.24) is 10.2 Å². The normalized spacial score (nSPS) is 13.5. The van der Waals surface area contributed by atoms with Crippen LogP contribution in [0.5, 0.6) is 11.5 Å². The Morgan fingerprint density at radius 2 is 1.76 bits per heavy atom. The van der Waals surface area contributed by atoms with Crippen molar-refractivity contribution < 1.29 is 19.1 Å². The molecule has 1 saturated heterocycles. The first kappa shape index (κ1) is 25.0.